The number of hydrogen-bond acceptors (Lipinski definition) is 4. The molecule has 9 heteroatoms. The second-order valence-electron chi connectivity index (χ2n) is 7.29. The second-order valence-corrected chi connectivity index (χ2v) is 7.70. The lowest BCUT2D eigenvalue weighted by molar-refractivity contribution is 0.0620. The van der Waals surface area contributed by atoms with Gasteiger partial charge >= 0.3 is 0 Å². The van der Waals surface area contributed by atoms with E-state index in [1.54, 1.807) is 23.2 Å². The second kappa shape index (κ2) is 9.45. The third-order valence-corrected chi connectivity index (χ3v) is 5.36. The van der Waals surface area contributed by atoms with Gasteiger partial charge in [0.1, 0.15) is 17.4 Å². The van der Waals surface area contributed by atoms with Gasteiger partial charge < -0.3 is 9.64 Å². The number of hydrogen-bond donors (Lipinski definition) is 0. The number of rotatable bonds is 6. The maximum atomic E-state index is 13.4. The highest BCUT2D eigenvalue weighted by molar-refractivity contribution is 6.30. The first-order valence-corrected chi connectivity index (χ1v) is 10.2. The molecule has 3 aromatic rings. The Morgan fingerprint density at radius 2 is 1.87 bits per heavy atom. The van der Waals surface area contributed by atoms with Gasteiger partial charge in [0.05, 0.1) is 5.02 Å². The smallest absolute Gasteiger partial charge is 0.274 e. The van der Waals surface area contributed by atoms with E-state index < -0.39 is 5.82 Å². The molecule has 1 amide bonds. The summed E-state index contributed by atoms with van der Waals surface area (Å²) >= 11 is 5.74. The van der Waals surface area contributed by atoms with Crippen LogP contribution in [0, 0.1) is 11.6 Å². The average molecular weight is 447 g/mol. The van der Waals surface area contributed by atoms with Gasteiger partial charge in [0, 0.05) is 45.0 Å². The molecular formula is C22H21ClF2N4O2. The minimum Gasteiger partial charge on any atom is -0.471 e. The summed E-state index contributed by atoms with van der Waals surface area (Å²) in [6.45, 7) is 3.28. The lowest BCUT2D eigenvalue weighted by Crippen LogP contribution is -2.48. The first-order chi connectivity index (χ1) is 15.0. The average Bonchev–Trinajstić information content (AvgIpc) is 3.24. The Morgan fingerprint density at radius 3 is 2.61 bits per heavy atom. The zero-order valence-electron chi connectivity index (χ0n) is 16.7. The highest BCUT2D eigenvalue weighted by atomic mass is 35.5. The van der Waals surface area contributed by atoms with Gasteiger partial charge in [-0.2, -0.15) is 5.10 Å². The van der Waals surface area contributed by atoms with Crippen LogP contribution in [-0.2, 0) is 13.3 Å². The van der Waals surface area contributed by atoms with Crippen molar-refractivity contribution in [3.63, 3.8) is 0 Å². The largest absolute Gasteiger partial charge is 0.471 e. The predicted molar refractivity (Wildman–Crippen MR) is 112 cm³/mol. The van der Waals surface area contributed by atoms with E-state index in [0.717, 1.165) is 5.56 Å². The molecule has 0 saturated carbocycles. The maximum Gasteiger partial charge on any atom is 0.274 e. The van der Waals surface area contributed by atoms with Crippen LogP contribution in [0.15, 0.2) is 54.7 Å². The molecule has 0 unspecified atom stereocenters. The van der Waals surface area contributed by atoms with Crippen molar-refractivity contribution in [2.75, 3.05) is 26.2 Å². The van der Waals surface area contributed by atoms with Crippen LogP contribution >= 0.6 is 11.6 Å². The van der Waals surface area contributed by atoms with E-state index in [4.69, 9.17) is 16.3 Å². The molecule has 2 heterocycles. The van der Waals surface area contributed by atoms with Crippen molar-refractivity contribution in [1.82, 2.24) is 19.6 Å². The number of halogens is 3. The summed E-state index contributed by atoms with van der Waals surface area (Å²) in [5.74, 6) is -0.497. The third-order valence-electron chi connectivity index (χ3n) is 5.07. The lowest BCUT2D eigenvalue weighted by Gasteiger charge is -2.34. The molecular weight excluding hydrogens is 426 g/mol. The highest BCUT2D eigenvalue weighted by Gasteiger charge is 2.23. The fourth-order valence-electron chi connectivity index (χ4n) is 3.42. The topological polar surface area (TPSA) is 50.6 Å². The molecule has 31 heavy (non-hydrogen) atoms. The van der Waals surface area contributed by atoms with Crippen LogP contribution < -0.4 is 4.74 Å². The Kier molecular flexibility index (Phi) is 6.48. The van der Waals surface area contributed by atoms with Crippen molar-refractivity contribution in [3.05, 3.63) is 82.6 Å². The summed E-state index contributed by atoms with van der Waals surface area (Å²) in [5, 5.41) is 4.25. The van der Waals surface area contributed by atoms with Crippen molar-refractivity contribution in [2.24, 2.45) is 0 Å². The number of piperazine rings is 1. The molecule has 0 radical (unpaired) electrons. The molecule has 1 fully saturated rings. The Labute approximate surface area is 183 Å². The number of amides is 1. The SMILES string of the molecule is O=C(c1ccn(COc2ccc(F)c(Cl)c2)n1)N1CCN(Cc2cccc(F)c2)CC1. The zero-order valence-corrected chi connectivity index (χ0v) is 17.4. The lowest BCUT2D eigenvalue weighted by atomic mass is 10.2. The molecule has 1 saturated heterocycles. The van der Waals surface area contributed by atoms with Crippen LogP contribution in [0.5, 0.6) is 5.75 Å². The normalized spacial score (nSPS) is 14.6. The first kappa shape index (κ1) is 21.3. The molecule has 6 nitrogen and oxygen atoms in total. The Balaban J connectivity index is 1.28. The summed E-state index contributed by atoms with van der Waals surface area (Å²) in [7, 11) is 0. The Morgan fingerprint density at radius 1 is 1.06 bits per heavy atom. The molecule has 0 spiro atoms. The molecule has 1 aliphatic rings. The van der Waals surface area contributed by atoms with Gasteiger partial charge in [0.2, 0.25) is 0 Å². The summed E-state index contributed by atoms with van der Waals surface area (Å²) in [6, 6.07) is 12.3. The quantitative estimate of drug-likeness (QED) is 0.578. The summed E-state index contributed by atoms with van der Waals surface area (Å²) < 4.78 is 33.6. The van der Waals surface area contributed by atoms with Gasteiger partial charge in [-0.25, -0.2) is 13.5 Å². The van der Waals surface area contributed by atoms with Gasteiger partial charge in [0.15, 0.2) is 12.4 Å². The van der Waals surface area contributed by atoms with Crippen molar-refractivity contribution in [2.45, 2.75) is 13.3 Å². The minimum absolute atomic E-state index is 0.0228. The standard InChI is InChI=1S/C22H21ClF2N4O2/c23-19-13-18(4-5-20(19)25)31-15-29-7-6-21(26-29)22(30)28-10-8-27(9-11-28)14-16-2-1-3-17(24)12-16/h1-7,12-13H,8-11,14-15H2. The highest BCUT2D eigenvalue weighted by Crippen LogP contribution is 2.21. The summed E-state index contributed by atoms with van der Waals surface area (Å²) in [6.07, 6.45) is 1.65. The molecule has 4 rings (SSSR count). The van der Waals surface area contributed by atoms with Crippen LogP contribution in [0.2, 0.25) is 5.02 Å². The molecule has 0 N–H and O–H groups in total. The van der Waals surface area contributed by atoms with E-state index in [0.29, 0.717) is 44.2 Å². The monoisotopic (exact) mass is 446 g/mol. The van der Waals surface area contributed by atoms with Crippen molar-refractivity contribution < 1.29 is 18.3 Å². The molecule has 2 aromatic carbocycles. The van der Waals surface area contributed by atoms with Gasteiger partial charge in [-0.05, 0) is 35.9 Å². The van der Waals surface area contributed by atoms with Crippen LogP contribution in [0.3, 0.4) is 0 Å². The van der Waals surface area contributed by atoms with Crippen molar-refractivity contribution >= 4 is 17.5 Å². The van der Waals surface area contributed by atoms with E-state index in [9.17, 15) is 13.6 Å². The molecule has 162 valence electrons. The number of carbonyl (C=O) groups is 1. The first-order valence-electron chi connectivity index (χ1n) is 9.85. The fraction of sp³-hybridized carbons (Fsp3) is 0.273. The van der Waals surface area contributed by atoms with Gasteiger partial charge in [0.25, 0.3) is 5.91 Å². The van der Waals surface area contributed by atoms with E-state index in [2.05, 4.69) is 10.00 Å². The Hall–Kier alpha value is -2.97. The van der Waals surface area contributed by atoms with Crippen LogP contribution in [0.4, 0.5) is 8.78 Å². The number of aromatic nitrogens is 2. The summed E-state index contributed by atoms with van der Waals surface area (Å²) in [5.41, 5.74) is 1.25. The predicted octanol–water partition coefficient (Wildman–Crippen LogP) is 3.81. The van der Waals surface area contributed by atoms with E-state index in [1.165, 1.54) is 35.0 Å². The van der Waals surface area contributed by atoms with Crippen molar-refractivity contribution in [3.8, 4) is 5.75 Å². The summed E-state index contributed by atoms with van der Waals surface area (Å²) in [4.78, 5) is 16.7. The number of nitrogens with zero attached hydrogens (tertiary/aromatic N) is 4. The third kappa shape index (κ3) is 5.39. The van der Waals surface area contributed by atoms with Crippen LogP contribution in [0.1, 0.15) is 16.1 Å². The Bertz CT molecular complexity index is 1070. The van der Waals surface area contributed by atoms with Gasteiger partial charge in [-0.1, -0.05) is 23.7 Å². The molecule has 1 aromatic heterocycles. The molecule has 0 aliphatic carbocycles. The van der Waals surface area contributed by atoms with Gasteiger partial charge in [-0.15, -0.1) is 0 Å². The van der Waals surface area contributed by atoms with E-state index in [1.807, 2.05) is 6.07 Å². The van der Waals surface area contributed by atoms with Crippen molar-refractivity contribution in [1.29, 1.82) is 0 Å². The zero-order chi connectivity index (χ0) is 21.8. The molecule has 1 aliphatic heterocycles. The maximum absolute atomic E-state index is 13.4. The van der Waals surface area contributed by atoms with E-state index >= 15 is 0 Å². The van der Waals surface area contributed by atoms with Crippen LogP contribution in [-0.4, -0.2) is 51.7 Å². The fourth-order valence-corrected chi connectivity index (χ4v) is 3.59. The molecule has 0 bridgehead atoms. The van der Waals surface area contributed by atoms with E-state index in [-0.39, 0.29) is 23.5 Å². The van der Waals surface area contributed by atoms with Gasteiger partial charge in [-0.3, -0.25) is 9.69 Å². The van der Waals surface area contributed by atoms with Crippen LogP contribution in [0.25, 0.3) is 0 Å². The number of carbonyl (C=O) groups excluding carboxylic acids is 1. The molecule has 0 atom stereocenters. The number of benzene rings is 2. The number of ether oxygens (including phenoxy) is 1. The minimum atomic E-state index is -0.517.